The number of rotatable bonds is 3. The summed E-state index contributed by atoms with van der Waals surface area (Å²) in [6.07, 6.45) is 0.800. The lowest BCUT2D eigenvalue weighted by Crippen LogP contribution is -2.22. The molecule has 0 fully saturated rings. The third-order valence-electron chi connectivity index (χ3n) is 4.43. The number of benzene rings is 3. The van der Waals surface area contributed by atoms with Crippen LogP contribution in [0.1, 0.15) is 35.3 Å². The van der Waals surface area contributed by atoms with Crippen LogP contribution in [0, 0.1) is 6.92 Å². The summed E-state index contributed by atoms with van der Waals surface area (Å²) in [6, 6.07) is 26.7. The van der Waals surface area contributed by atoms with Crippen LogP contribution in [0.25, 0.3) is 0 Å². The molecule has 1 aliphatic heterocycles. The molecule has 0 N–H and O–H groups in total. The van der Waals surface area contributed by atoms with Crippen molar-refractivity contribution >= 4 is 0 Å². The maximum atomic E-state index is 6.31. The molecule has 0 amide bonds. The molecule has 2 atom stereocenters. The Morgan fingerprint density at radius 1 is 0.833 bits per heavy atom. The van der Waals surface area contributed by atoms with E-state index >= 15 is 0 Å². The molecule has 3 aromatic carbocycles. The monoisotopic (exact) mass is 316 g/mol. The van der Waals surface area contributed by atoms with E-state index in [4.69, 9.17) is 9.47 Å². The van der Waals surface area contributed by atoms with Crippen molar-refractivity contribution in [1.29, 1.82) is 0 Å². The van der Waals surface area contributed by atoms with Crippen molar-refractivity contribution in [2.45, 2.75) is 25.6 Å². The van der Waals surface area contributed by atoms with Crippen molar-refractivity contribution in [1.82, 2.24) is 0 Å². The van der Waals surface area contributed by atoms with Gasteiger partial charge in [-0.15, -0.1) is 0 Å². The Morgan fingerprint density at radius 2 is 1.54 bits per heavy atom. The predicted octanol–water partition coefficient (Wildman–Crippen LogP) is 5.64. The zero-order valence-electron chi connectivity index (χ0n) is 13.7. The van der Waals surface area contributed by atoms with Gasteiger partial charge in [-0.25, -0.2) is 0 Å². The first-order chi connectivity index (χ1) is 11.8. The highest BCUT2D eigenvalue weighted by molar-refractivity contribution is 5.39. The van der Waals surface area contributed by atoms with Gasteiger partial charge in [0.1, 0.15) is 23.7 Å². The fourth-order valence-electron chi connectivity index (χ4n) is 3.14. The van der Waals surface area contributed by atoms with Crippen molar-refractivity contribution in [2.24, 2.45) is 0 Å². The third kappa shape index (κ3) is 3.00. The molecule has 0 bridgehead atoms. The molecule has 1 aliphatic rings. The SMILES string of the molecule is Cc1ccc(O[C@@H]2C[C@H](c3ccccc3)Oc3ccccc32)cc1. The second kappa shape index (κ2) is 6.40. The number of ether oxygens (including phenoxy) is 2. The molecule has 120 valence electrons. The first kappa shape index (κ1) is 14.8. The maximum Gasteiger partial charge on any atom is 0.131 e. The minimum atomic E-state index is -0.0112. The van der Waals surface area contributed by atoms with Gasteiger partial charge < -0.3 is 9.47 Å². The largest absolute Gasteiger partial charge is 0.485 e. The highest BCUT2D eigenvalue weighted by Gasteiger charge is 2.30. The highest BCUT2D eigenvalue weighted by atomic mass is 16.5. The van der Waals surface area contributed by atoms with Gasteiger partial charge >= 0.3 is 0 Å². The molecule has 0 spiro atoms. The Labute approximate surface area is 142 Å². The lowest BCUT2D eigenvalue weighted by Gasteiger charge is -2.32. The van der Waals surface area contributed by atoms with Crippen LogP contribution in [-0.2, 0) is 0 Å². The first-order valence-electron chi connectivity index (χ1n) is 8.33. The normalized spacial score (nSPS) is 19.2. The summed E-state index contributed by atoms with van der Waals surface area (Å²) in [5.74, 6) is 1.81. The summed E-state index contributed by atoms with van der Waals surface area (Å²) < 4.78 is 12.5. The van der Waals surface area contributed by atoms with Gasteiger partial charge in [-0.05, 0) is 30.7 Å². The van der Waals surface area contributed by atoms with E-state index in [1.807, 2.05) is 36.4 Å². The molecule has 0 aromatic heterocycles. The molecule has 24 heavy (non-hydrogen) atoms. The molecule has 0 radical (unpaired) electrons. The number of hydrogen-bond acceptors (Lipinski definition) is 2. The first-order valence-corrected chi connectivity index (χ1v) is 8.33. The number of aryl methyl sites for hydroxylation is 1. The zero-order chi connectivity index (χ0) is 16.4. The molecule has 4 rings (SSSR count). The lowest BCUT2D eigenvalue weighted by molar-refractivity contribution is 0.0809. The Balaban J connectivity index is 1.65. The van der Waals surface area contributed by atoms with Crippen LogP contribution in [0.4, 0.5) is 0 Å². The average molecular weight is 316 g/mol. The van der Waals surface area contributed by atoms with Crippen molar-refractivity contribution in [2.75, 3.05) is 0 Å². The summed E-state index contributed by atoms with van der Waals surface area (Å²) >= 11 is 0. The Bertz CT molecular complexity index is 809. The van der Waals surface area contributed by atoms with E-state index in [2.05, 4.69) is 49.4 Å². The van der Waals surface area contributed by atoms with Crippen molar-refractivity contribution in [3.8, 4) is 11.5 Å². The average Bonchev–Trinajstić information content (AvgIpc) is 2.64. The number of para-hydroxylation sites is 1. The Morgan fingerprint density at radius 3 is 2.33 bits per heavy atom. The molecule has 0 aliphatic carbocycles. The van der Waals surface area contributed by atoms with Crippen LogP contribution in [0.5, 0.6) is 11.5 Å². The molecule has 0 saturated heterocycles. The number of hydrogen-bond donors (Lipinski definition) is 0. The molecular weight excluding hydrogens is 296 g/mol. The van der Waals surface area contributed by atoms with E-state index in [1.54, 1.807) is 0 Å². The quantitative estimate of drug-likeness (QED) is 0.622. The summed E-state index contributed by atoms with van der Waals surface area (Å²) in [7, 11) is 0. The van der Waals surface area contributed by atoms with Crippen molar-refractivity contribution in [3.63, 3.8) is 0 Å². The third-order valence-corrected chi connectivity index (χ3v) is 4.43. The summed E-state index contributed by atoms with van der Waals surface area (Å²) in [4.78, 5) is 0. The van der Waals surface area contributed by atoms with E-state index < -0.39 is 0 Å². The summed E-state index contributed by atoms with van der Waals surface area (Å²) in [5, 5.41) is 0. The van der Waals surface area contributed by atoms with Crippen LogP contribution in [-0.4, -0.2) is 0 Å². The second-order valence-corrected chi connectivity index (χ2v) is 6.21. The maximum absolute atomic E-state index is 6.31. The molecular formula is C22H20O2. The van der Waals surface area contributed by atoms with E-state index in [9.17, 15) is 0 Å². The molecule has 2 heteroatoms. The van der Waals surface area contributed by atoms with Crippen LogP contribution in [0.15, 0.2) is 78.9 Å². The highest BCUT2D eigenvalue weighted by Crippen LogP contribution is 2.42. The second-order valence-electron chi connectivity index (χ2n) is 6.21. The van der Waals surface area contributed by atoms with Gasteiger partial charge in [-0.2, -0.15) is 0 Å². The van der Waals surface area contributed by atoms with Crippen LogP contribution >= 0.6 is 0 Å². The van der Waals surface area contributed by atoms with Gasteiger partial charge in [0.2, 0.25) is 0 Å². The van der Waals surface area contributed by atoms with Crippen LogP contribution in [0.2, 0.25) is 0 Å². The Hall–Kier alpha value is -2.74. The van der Waals surface area contributed by atoms with Gasteiger partial charge in [0, 0.05) is 12.0 Å². The number of fused-ring (bicyclic) bond motifs is 1. The molecule has 1 heterocycles. The van der Waals surface area contributed by atoms with Gasteiger partial charge in [0.25, 0.3) is 0 Å². The van der Waals surface area contributed by atoms with E-state index in [0.717, 1.165) is 23.5 Å². The molecule has 3 aromatic rings. The van der Waals surface area contributed by atoms with Crippen LogP contribution < -0.4 is 9.47 Å². The van der Waals surface area contributed by atoms with Crippen LogP contribution in [0.3, 0.4) is 0 Å². The Kier molecular flexibility index (Phi) is 3.96. The fourth-order valence-corrected chi connectivity index (χ4v) is 3.14. The molecule has 0 saturated carbocycles. The fraction of sp³-hybridized carbons (Fsp3) is 0.182. The minimum Gasteiger partial charge on any atom is -0.485 e. The smallest absolute Gasteiger partial charge is 0.131 e. The molecule has 0 unspecified atom stereocenters. The summed E-state index contributed by atoms with van der Waals surface area (Å²) in [5.41, 5.74) is 3.53. The predicted molar refractivity (Wildman–Crippen MR) is 95.4 cm³/mol. The van der Waals surface area contributed by atoms with Gasteiger partial charge in [0.05, 0.1) is 0 Å². The van der Waals surface area contributed by atoms with E-state index in [-0.39, 0.29) is 12.2 Å². The van der Waals surface area contributed by atoms with Gasteiger partial charge in [-0.1, -0.05) is 66.2 Å². The topological polar surface area (TPSA) is 18.5 Å². The zero-order valence-corrected chi connectivity index (χ0v) is 13.7. The van der Waals surface area contributed by atoms with Crippen molar-refractivity contribution < 1.29 is 9.47 Å². The van der Waals surface area contributed by atoms with Gasteiger partial charge in [-0.3, -0.25) is 0 Å². The lowest BCUT2D eigenvalue weighted by atomic mass is 9.95. The minimum absolute atomic E-state index is 0.0107. The van der Waals surface area contributed by atoms with Gasteiger partial charge in [0.15, 0.2) is 0 Å². The standard InChI is InChI=1S/C22H20O2/c1-16-11-13-18(14-12-16)23-22-15-21(17-7-3-2-4-8-17)24-20-10-6-5-9-19(20)22/h2-14,21-22H,15H2,1H3/t21-,22-/m1/s1. The molecule has 2 nitrogen and oxygen atoms in total. The summed E-state index contributed by atoms with van der Waals surface area (Å²) in [6.45, 7) is 2.08. The van der Waals surface area contributed by atoms with Crippen molar-refractivity contribution in [3.05, 3.63) is 95.6 Å². The van der Waals surface area contributed by atoms with E-state index in [1.165, 1.54) is 11.1 Å². The van der Waals surface area contributed by atoms with E-state index in [0.29, 0.717) is 0 Å².